The van der Waals surface area contributed by atoms with Crippen LogP contribution in [-0.2, 0) is 16.6 Å². The van der Waals surface area contributed by atoms with E-state index in [9.17, 15) is 18.5 Å². The van der Waals surface area contributed by atoms with Crippen LogP contribution in [0.15, 0.2) is 44.4 Å². The predicted molar refractivity (Wildman–Crippen MR) is 104 cm³/mol. The number of nitro groups is 1. The van der Waals surface area contributed by atoms with Gasteiger partial charge in [0.15, 0.2) is 0 Å². The molecule has 0 amide bonds. The third-order valence-corrected chi connectivity index (χ3v) is 8.23. The molecule has 0 bridgehead atoms. The largest absolute Gasteiger partial charge is 0.298 e. The van der Waals surface area contributed by atoms with Crippen LogP contribution in [0.3, 0.4) is 0 Å². The first-order chi connectivity index (χ1) is 12.4. The van der Waals surface area contributed by atoms with E-state index in [-0.39, 0.29) is 5.69 Å². The molecule has 1 saturated heterocycles. The lowest BCUT2D eigenvalue weighted by Gasteiger charge is -2.21. The topological polar surface area (TPSA) is 83.8 Å². The summed E-state index contributed by atoms with van der Waals surface area (Å²) >= 11 is 4.53. The Morgan fingerprint density at radius 3 is 2.42 bits per heavy atom. The average Bonchev–Trinajstić information content (AvgIpc) is 2.91. The minimum atomic E-state index is -3.46. The third-order valence-electron chi connectivity index (χ3n) is 4.24. The second-order valence-electron chi connectivity index (χ2n) is 6.02. The highest BCUT2D eigenvalue weighted by atomic mass is 79.9. The normalized spacial score (nSPS) is 17.1. The van der Waals surface area contributed by atoms with Gasteiger partial charge in [0.05, 0.1) is 8.71 Å². The molecule has 1 aliphatic rings. The Morgan fingerprint density at radius 1 is 1.08 bits per heavy atom. The zero-order valence-corrected chi connectivity index (χ0v) is 17.1. The van der Waals surface area contributed by atoms with Gasteiger partial charge < -0.3 is 0 Å². The predicted octanol–water partition coefficient (Wildman–Crippen LogP) is 3.32. The van der Waals surface area contributed by atoms with Gasteiger partial charge in [0.2, 0.25) is 0 Å². The van der Waals surface area contributed by atoms with Gasteiger partial charge in [-0.15, -0.1) is 11.3 Å². The number of hydrogen-bond acceptors (Lipinski definition) is 6. The Kier molecular flexibility index (Phi) is 6.08. The van der Waals surface area contributed by atoms with Crippen LogP contribution in [0.1, 0.15) is 12.0 Å². The summed E-state index contributed by atoms with van der Waals surface area (Å²) in [5.74, 6) is 0. The molecule has 26 heavy (non-hydrogen) atoms. The molecule has 1 fully saturated rings. The number of rotatable bonds is 5. The molecule has 2 aromatic rings. The van der Waals surface area contributed by atoms with Crippen molar-refractivity contribution in [3.63, 3.8) is 0 Å². The number of non-ortho nitro benzene ring substituents is 1. The number of nitrogens with zero attached hydrogens (tertiary/aromatic N) is 3. The van der Waals surface area contributed by atoms with Crippen LogP contribution in [0.4, 0.5) is 5.69 Å². The highest BCUT2D eigenvalue weighted by Crippen LogP contribution is 2.29. The van der Waals surface area contributed by atoms with Crippen molar-refractivity contribution >= 4 is 43.0 Å². The number of benzene rings is 1. The first-order valence-corrected chi connectivity index (χ1v) is 11.1. The van der Waals surface area contributed by atoms with Crippen LogP contribution in [0.2, 0.25) is 0 Å². The Balaban J connectivity index is 1.64. The molecule has 7 nitrogen and oxygen atoms in total. The molecule has 1 aromatic heterocycles. The Bertz CT molecular complexity index is 883. The van der Waals surface area contributed by atoms with Gasteiger partial charge in [0.1, 0.15) is 4.21 Å². The molecule has 3 rings (SSSR count). The van der Waals surface area contributed by atoms with Crippen molar-refractivity contribution in [1.82, 2.24) is 9.21 Å². The number of halogens is 1. The van der Waals surface area contributed by atoms with Crippen molar-refractivity contribution in [2.45, 2.75) is 17.2 Å². The quantitative estimate of drug-likeness (QED) is 0.505. The molecular formula is C16H18BrN3O4S2. The maximum absolute atomic E-state index is 12.8. The fourth-order valence-electron chi connectivity index (χ4n) is 2.89. The molecule has 0 atom stereocenters. The van der Waals surface area contributed by atoms with Gasteiger partial charge in [-0.05, 0) is 46.6 Å². The van der Waals surface area contributed by atoms with E-state index in [0.717, 1.165) is 22.3 Å². The van der Waals surface area contributed by atoms with Crippen molar-refractivity contribution in [1.29, 1.82) is 0 Å². The van der Waals surface area contributed by atoms with E-state index in [1.807, 2.05) is 0 Å². The molecule has 0 saturated carbocycles. The fourth-order valence-corrected chi connectivity index (χ4v) is 6.52. The number of nitro benzene ring substituents is 1. The molecule has 10 heteroatoms. The lowest BCUT2D eigenvalue weighted by atomic mass is 10.2. The first-order valence-electron chi connectivity index (χ1n) is 8.07. The zero-order valence-electron chi connectivity index (χ0n) is 13.9. The standard InChI is InChI=1S/C16H18BrN3O4S2/c17-15-6-7-16(25-15)26(23,24)19-9-1-8-18(10-11-19)12-13-2-4-14(5-3-13)20(21)22/h2-7H,1,8-12H2. The van der Waals surface area contributed by atoms with Gasteiger partial charge in [-0.3, -0.25) is 15.0 Å². The van der Waals surface area contributed by atoms with Crippen LogP contribution in [-0.4, -0.2) is 48.7 Å². The maximum atomic E-state index is 12.8. The highest BCUT2D eigenvalue weighted by molar-refractivity contribution is 9.11. The van der Waals surface area contributed by atoms with Gasteiger partial charge in [0.25, 0.3) is 15.7 Å². The van der Waals surface area contributed by atoms with Crippen molar-refractivity contribution in [3.05, 3.63) is 55.9 Å². The van der Waals surface area contributed by atoms with Crippen LogP contribution >= 0.6 is 27.3 Å². The van der Waals surface area contributed by atoms with Gasteiger partial charge >= 0.3 is 0 Å². The van der Waals surface area contributed by atoms with Crippen molar-refractivity contribution < 1.29 is 13.3 Å². The molecule has 1 aromatic carbocycles. The summed E-state index contributed by atoms with van der Waals surface area (Å²) in [7, 11) is -3.46. The summed E-state index contributed by atoms with van der Waals surface area (Å²) in [4.78, 5) is 12.5. The van der Waals surface area contributed by atoms with E-state index in [2.05, 4.69) is 20.8 Å². The van der Waals surface area contributed by atoms with Crippen molar-refractivity contribution in [3.8, 4) is 0 Å². The molecular weight excluding hydrogens is 442 g/mol. The summed E-state index contributed by atoms with van der Waals surface area (Å²) in [6.07, 6.45) is 0.749. The van der Waals surface area contributed by atoms with E-state index in [0.29, 0.717) is 30.4 Å². The monoisotopic (exact) mass is 459 g/mol. The second-order valence-corrected chi connectivity index (χ2v) is 10.6. The van der Waals surface area contributed by atoms with Gasteiger partial charge in [-0.1, -0.05) is 12.1 Å². The van der Waals surface area contributed by atoms with E-state index in [1.165, 1.54) is 23.5 Å². The first kappa shape index (κ1) is 19.4. The summed E-state index contributed by atoms with van der Waals surface area (Å²) in [5, 5.41) is 10.7. The minimum absolute atomic E-state index is 0.0731. The SMILES string of the molecule is O=[N+]([O-])c1ccc(CN2CCCN(S(=O)(=O)c3ccc(Br)s3)CC2)cc1. The molecule has 0 radical (unpaired) electrons. The molecule has 0 spiro atoms. The molecule has 0 N–H and O–H groups in total. The lowest BCUT2D eigenvalue weighted by molar-refractivity contribution is -0.384. The minimum Gasteiger partial charge on any atom is -0.298 e. The number of hydrogen-bond donors (Lipinski definition) is 0. The molecule has 2 heterocycles. The van der Waals surface area contributed by atoms with E-state index >= 15 is 0 Å². The van der Waals surface area contributed by atoms with Crippen molar-refractivity contribution in [2.24, 2.45) is 0 Å². The van der Waals surface area contributed by atoms with Crippen LogP contribution in [0.5, 0.6) is 0 Å². The fraction of sp³-hybridized carbons (Fsp3) is 0.375. The van der Waals surface area contributed by atoms with Gasteiger partial charge in [-0.2, -0.15) is 4.31 Å². The Hall–Kier alpha value is -1.33. The van der Waals surface area contributed by atoms with Crippen LogP contribution < -0.4 is 0 Å². The lowest BCUT2D eigenvalue weighted by Crippen LogP contribution is -2.34. The van der Waals surface area contributed by atoms with E-state index in [1.54, 1.807) is 28.6 Å². The summed E-state index contributed by atoms with van der Waals surface area (Å²) < 4.78 is 28.2. The number of sulfonamides is 1. The maximum Gasteiger partial charge on any atom is 0.269 e. The summed E-state index contributed by atoms with van der Waals surface area (Å²) in [6.45, 7) is 3.00. The van der Waals surface area contributed by atoms with Gasteiger partial charge in [-0.25, -0.2) is 8.42 Å². The smallest absolute Gasteiger partial charge is 0.269 e. The van der Waals surface area contributed by atoms with Crippen LogP contribution in [0, 0.1) is 10.1 Å². The highest BCUT2D eigenvalue weighted by Gasteiger charge is 2.28. The third kappa shape index (κ3) is 4.49. The molecule has 0 aliphatic carbocycles. The van der Waals surface area contributed by atoms with Crippen LogP contribution in [0.25, 0.3) is 0 Å². The number of thiophene rings is 1. The van der Waals surface area contributed by atoms with E-state index < -0.39 is 14.9 Å². The zero-order chi connectivity index (χ0) is 18.7. The molecule has 140 valence electrons. The average molecular weight is 460 g/mol. The van der Waals surface area contributed by atoms with Gasteiger partial charge in [0, 0.05) is 38.3 Å². The second kappa shape index (κ2) is 8.13. The molecule has 1 aliphatic heterocycles. The Labute approximate surface area is 164 Å². The Morgan fingerprint density at radius 2 is 1.81 bits per heavy atom. The summed E-state index contributed by atoms with van der Waals surface area (Å²) in [5.41, 5.74) is 1.05. The molecule has 0 unspecified atom stereocenters. The summed E-state index contributed by atoms with van der Waals surface area (Å²) in [6, 6.07) is 9.87. The van der Waals surface area contributed by atoms with E-state index in [4.69, 9.17) is 0 Å². The van der Waals surface area contributed by atoms with Crippen molar-refractivity contribution in [2.75, 3.05) is 26.2 Å².